The monoisotopic (exact) mass is 209 g/mol. The third kappa shape index (κ3) is 10.9. The largest absolute Gasteiger partial charge is 1.00 e. The van der Waals surface area contributed by atoms with E-state index in [4.69, 9.17) is 4.74 Å². The van der Waals surface area contributed by atoms with Gasteiger partial charge in [-0.25, -0.2) is 0 Å². The second kappa shape index (κ2) is 5.74. The van der Waals surface area contributed by atoms with Crippen LogP contribution in [-0.2, 0) is 4.74 Å². The van der Waals surface area contributed by atoms with E-state index in [1.54, 1.807) is 0 Å². The number of hydrogen-bond acceptors (Lipinski definition) is 1. The molecule has 0 N–H and O–H groups in total. The number of ether oxygens (including phenoxy) is 1. The molecule has 2 nitrogen and oxygen atoms in total. The molecule has 0 aromatic heterocycles. The average molecular weight is 210 g/mol. The van der Waals surface area contributed by atoms with E-state index in [0.29, 0.717) is 0 Å². The summed E-state index contributed by atoms with van der Waals surface area (Å²) in [5.41, 5.74) is 0. The molecular formula is C7H16BrNO. The number of likely N-dealkylation sites (N-methyl/N-ethyl adjacent to an activating group) is 1. The first-order valence-electron chi connectivity index (χ1n) is 3.09. The molecule has 0 unspecified atom stereocenters. The standard InChI is InChI=1S/C7H16NO.BrH/c1-5-9-7-6-8(2,3)4;/h5H,1,6-7H2,2-4H3;1H/q+1;/p-1. The van der Waals surface area contributed by atoms with Crippen LogP contribution in [0.1, 0.15) is 0 Å². The average Bonchev–Trinajstić information content (AvgIpc) is 1.63. The Kier molecular flexibility index (Phi) is 7.26. The molecule has 0 radical (unpaired) electrons. The van der Waals surface area contributed by atoms with Gasteiger partial charge in [0.2, 0.25) is 0 Å². The molecule has 0 amide bonds. The predicted octanol–water partition coefficient (Wildman–Crippen LogP) is -2.14. The van der Waals surface area contributed by atoms with Crippen LogP contribution in [0.25, 0.3) is 0 Å². The molecule has 0 aliphatic heterocycles. The Labute approximate surface area is 73.8 Å². The van der Waals surface area contributed by atoms with Crippen molar-refractivity contribution in [3.05, 3.63) is 12.8 Å². The summed E-state index contributed by atoms with van der Waals surface area (Å²) in [6, 6.07) is 0. The van der Waals surface area contributed by atoms with Crippen LogP contribution in [0, 0.1) is 0 Å². The molecule has 0 bridgehead atoms. The number of quaternary nitrogens is 1. The molecule has 0 saturated carbocycles. The number of nitrogens with zero attached hydrogens (tertiary/aromatic N) is 1. The van der Waals surface area contributed by atoms with Crippen molar-refractivity contribution >= 4 is 0 Å². The van der Waals surface area contributed by atoms with Gasteiger partial charge < -0.3 is 26.2 Å². The normalized spacial score (nSPS) is 9.90. The van der Waals surface area contributed by atoms with E-state index in [-0.39, 0.29) is 17.0 Å². The molecule has 3 heteroatoms. The molecule has 0 aliphatic rings. The summed E-state index contributed by atoms with van der Waals surface area (Å²) in [7, 11) is 6.39. The highest BCUT2D eigenvalue weighted by Gasteiger charge is 2.04. The summed E-state index contributed by atoms with van der Waals surface area (Å²) < 4.78 is 5.90. The molecule has 0 aromatic rings. The summed E-state index contributed by atoms with van der Waals surface area (Å²) in [4.78, 5) is 0. The Morgan fingerprint density at radius 3 is 2.20 bits per heavy atom. The van der Waals surface area contributed by atoms with Gasteiger partial charge in [0.25, 0.3) is 0 Å². The highest BCUT2D eigenvalue weighted by atomic mass is 79.9. The molecule has 0 heterocycles. The summed E-state index contributed by atoms with van der Waals surface area (Å²) in [6.07, 6.45) is 1.48. The van der Waals surface area contributed by atoms with Crippen LogP contribution in [0.3, 0.4) is 0 Å². The molecule has 0 saturated heterocycles. The zero-order chi connectivity index (χ0) is 7.33. The lowest BCUT2D eigenvalue weighted by Crippen LogP contribution is -3.00. The van der Waals surface area contributed by atoms with Crippen molar-refractivity contribution < 1.29 is 26.2 Å². The van der Waals surface area contributed by atoms with Crippen molar-refractivity contribution in [2.45, 2.75) is 0 Å². The van der Waals surface area contributed by atoms with Crippen LogP contribution in [-0.4, -0.2) is 38.8 Å². The molecule has 10 heavy (non-hydrogen) atoms. The van der Waals surface area contributed by atoms with E-state index in [1.165, 1.54) is 6.26 Å². The van der Waals surface area contributed by atoms with Crippen LogP contribution in [0.5, 0.6) is 0 Å². The second-order valence-corrected chi connectivity index (χ2v) is 3.05. The molecule has 0 aromatic carbocycles. The maximum atomic E-state index is 4.96. The number of halogens is 1. The summed E-state index contributed by atoms with van der Waals surface area (Å²) in [6.45, 7) is 5.23. The zero-order valence-electron chi connectivity index (χ0n) is 6.93. The van der Waals surface area contributed by atoms with Crippen molar-refractivity contribution in [3.63, 3.8) is 0 Å². The van der Waals surface area contributed by atoms with Crippen molar-refractivity contribution in [2.24, 2.45) is 0 Å². The Hall–Kier alpha value is -0.0200. The van der Waals surface area contributed by atoms with Crippen LogP contribution >= 0.6 is 0 Å². The van der Waals surface area contributed by atoms with E-state index in [2.05, 4.69) is 27.7 Å². The summed E-state index contributed by atoms with van der Waals surface area (Å²) in [5.74, 6) is 0. The summed E-state index contributed by atoms with van der Waals surface area (Å²) >= 11 is 0. The van der Waals surface area contributed by atoms with Gasteiger partial charge >= 0.3 is 0 Å². The zero-order valence-corrected chi connectivity index (χ0v) is 8.52. The fourth-order valence-electron chi connectivity index (χ4n) is 0.410. The van der Waals surface area contributed by atoms with Gasteiger partial charge in [-0.05, 0) is 0 Å². The fourth-order valence-corrected chi connectivity index (χ4v) is 0.410. The van der Waals surface area contributed by atoms with Crippen LogP contribution in [0.2, 0.25) is 0 Å². The third-order valence-corrected chi connectivity index (χ3v) is 0.998. The Balaban J connectivity index is 0. The van der Waals surface area contributed by atoms with Crippen LogP contribution in [0.15, 0.2) is 12.8 Å². The van der Waals surface area contributed by atoms with Gasteiger partial charge in [-0.1, -0.05) is 6.58 Å². The van der Waals surface area contributed by atoms with E-state index in [0.717, 1.165) is 17.6 Å². The van der Waals surface area contributed by atoms with Gasteiger partial charge in [0.15, 0.2) is 0 Å². The number of hydrogen-bond donors (Lipinski definition) is 0. The lowest BCUT2D eigenvalue weighted by Gasteiger charge is -2.22. The second-order valence-electron chi connectivity index (χ2n) is 3.05. The number of rotatable bonds is 4. The van der Waals surface area contributed by atoms with Gasteiger partial charge in [-0.2, -0.15) is 0 Å². The van der Waals surface area contributed by atoms with Gasteiger partial charge in [0.05, 0.1) is 27.4 Å². The Bertz CT molecular complexity index is 88.1. The van der Waals surface area contributed by atoms with E-state index < -0.39 is 0 Å². The first-order valence-corrected chi connectivity index (χ1v) is 3.09. The first kappa shape index (κ1) is 12.6. The van der Waals surface area contributed by atoms with Gasteiger partial charge in [0, 0.05) is 0 Å². The lowest BCUT2D eigenvalue weighted by molar-refractivity contribution is -0.870. The highest BCUT2D eigenvalue weighted by molar-refractivity contribution is 4.47. The lowest BCUT2D eigenvalue weighted by atomic mass is 10.5. The van der Waals surface area contributed by atoms with Crippen LogP contribution in [0.4, 0.5) is 0 Å². The van der Waals surface area contributed by atoms with Gasteiger partial charge in [-0.15, -0.1) is 0 Å². The maximum Gasteiger partial charge on any atom is 0.136 e. The SMILES string of the molecule is C=COCC[N+](C)(C)C.[Br-]. The van der Waals surface area contributed by atoms with Gasteiger partial charge in [0.1, 0.15) is 13.2 Å². The minimum Gasteiger partial charge on any atom is -1.00 e. The molecule has 0 spiro atoms. The van der Waals surface area contributed by atoms with E-state index >= 15 is 0 Å². The molecular weight excluding hydrogens is 194 g/mol. The molecule has 0 atom stereocenters. The fraction of sp³-hybridized carbons (Fsp3) is 0.714. The Morgan fingerprint density at radius 1 is 1.40 bits per heavy atom. The van der Waals surface area contributed by atoms with Crippen molar-refractivity contribution in [1.29, 1.82) is 0 Å². The van der Waals surface area contributed by atoms with Crippen molar-refractivity contribution in [3.8, 4) is 0 Å². The summed E-state index contributed by atoms with van der Waals surface area (Å²) in [5, 5.41) is 0. The molecule has 0 fully saturated rings. The molecule has 0 aliphatic carbocycles. The maximum absolute atomic E-state index is 4.96. The highest BCUT2D eigenvalue weighted by Crippen LogP contribution is 1.88. The quantitative estimate of drug-likeness (QED) is 0.292. The minimum absolute atomic E-state index is 0. The van der Waals surface area contributed by atoms with Gasteiger partial charge in [-0.3, -0.25) is 0 Å². The third-order valence-electron chi connectivity index (χ3n) is 0.998. The molecule has 62 valence electrons. The minimum atomic E-state index is 0. The van der Waals surface area contributed by atoms with Crippen LogP contribution < -0.4 is 17.0 Å². The topological polar surface area (TPSA) is 9.23 Å². The van der Waals surface area contributed by atoms with E-state index in [9.17, 15) is 0 Å². The predicted molar refractivity (Wildman–Crippen MR) is 39.0 cm³/mol. The van der Waals surface area contributed by atoms with E-state index in [1.807, 2.05) is 0 Å². The smallest absolute Gasteiger partial charge is 0.136 e. The van der Waals surface area contributed by atoms with Crippen molar-refractivity contribution in [1.82, 2.24) is 0 Å². The Morgan fingerprint density at radius 2 is 1.90 bits per heavy atom. The first-order chi connectivity index (χ1) is 4.06. The van der Waals surface area contributed by atoms with Crippen molar-refractivity contribution in [2.75, 3.05) is 34.3 Å². The molecule has 0 rings (SSSR count).